The van der Waals surface area contributed by atoms with Crippen LogP contribution in [0.3, 0.4) is 0 Å². The molecule has 1 fully saturated rings. The number of phenolic OH excluding ortho intramolecular Hbond substituents is 1. The van der Waals surface area contributed by atoms with Crippen LogP contribution in [0.15, 0.2) is 24.3 Å². The molecule has 1 aromatic carbocycles. The van der Waals surface area contributed by atoms with Crippen LogP contribution in [-0.2, 0) is 40.0 Å². The van der Waals surface area contributed by atoms with Gasteiger partial charge in [0.05, 0.1) is 13.0 Å². The molecule has 2 rings (SSSR count). The van der Waals surface area contributed by atoms with E-state index in [2.05, 4.69) is 21.3 Å². The minimum atomic E-state index is -1.63. The summed E-state index contributed by atoms with van der Waals surface area (Å²) in [6.45, 7) is 0.863. The number of nitrogens with one attached hydrogen (secondary N) is 4. The standard InChI is InChI=1S/C23H29N5O10/c1-11(24-18(32)9-28-19(33)8-16(22(28)36)25-12(2)30)20(34)26-15(7-13-3-5-14(31)6-4-13)21(35)27-17(10-29)23(37)38/h3-6,11,15-17,29,31H,7-10H2,1-2H3,(H,24,32)(H,25,30)(H,26,34)(H,27,35)(H,37,38)/t11-,15-,16-,17-/m0/s1. The molecule has 15 heteroatoms. The van der Waals surface area contributed by atoms with E-state index < -0.39 is 78.7 Å². The maximum Gasteiger partial charge on any atom is 0.328 e. The number of aliphatic hydroxyl groups excluding tert-OH is 1. The summed E-state index contributed by atoms with van der Waals surface area (Å²) in [7, 11) is 0. The summed E-state index contributed by atoms with van der Waals surface area (Å²) >= 11 is 0. The highest BCUT2D eigenvalue weighted by molar-refractivity contribution is 6.09. The first-order valence-electron chi connectivity index (χ1n) is 11.4. The second-order valence-corrected chi connectivity index (χ2v) is 8.58. The maximum absolute atomic E-state index is 12.8. The molecule has 6 amide bonds. The lowest BCUT2D eigenvalue weighted by Gasteiger charge is -2.23. The van der Waals surface area contributed by atoms with Crippen LogP contribution < -0.4 is 21.3 Å². The van der Waals surface area contributed by atoms with Crippen LogP contribution in [0.25, 0.3) is 0 Å². The normalized spacial score (nSPS) is 17.2. The Kier molecular flexibility index (Phi) is 10.3. The van der Waals surface area contributed by atoms with E-state index in [-0.39, 0.29) is 18.6 Å². The molecule has 0 saturated carbocycles. The lowest BCUT2D eigenvalue weighted by atomic mass is 10.0. The van der Waals surface area contributed by atoms with E-state index >= 15 is 0 Å². The van der Waals surface area contributed by atoms with Gasteiger partial charge in [0, 0.05) is 13.3 Å². The van der Waals surface area contributed by atoms with E-state index in [1.165, 1.54) is 38.1 Å². The monoisotopic (exact) mass is 535 g/mol. The summed E-state index contributed by atoms with van der Waals surface area (Å²) in [5.41, 5.74) is 0.496. The summed E-state index contributed by atoms with van der Waals surface area (Å²) in [4.78, 5) is 85.3. The molecule has 7 N–H and O–H groups in total. The number of nitrogens with zero attached hydrogens (tertiary/aromatic N) is 1. The summed E-state index contributed by atoms with van der Waals surface area (Å²) in [6, 6.07) is 0.361. The fourth-order valence-corrected chi connectivity index (χ4v) is 3.54. The predicted molar refractivity (Wildman–Crippen MR) is 127 cm³/mol. The Morgan fingerprint density at radius 2 is 1.61 bits per heavy atom. The molecule has 0 bridgehead atoms. The number of hydrogen-bond acceptors (Lipinski definition) is 9. The van der Waals surface area contributed by atoms with Gasteiger partial charge in [-0.15, -0.1) is 0 Å². The molecule has 0 spiro atoms. The molecule has 15 nitrogen and oxygen atoms in total. The third kappa shape index (κ3) is 8.26. The minimum Gasteiger partial charge on any atom is -0.508 e. The first-order chi connectivity index (χ1) is 17.8. The number of hydrogen-bond donors (Lipinski definition) is 7. The highest BCUT2D eigenvalue weighted by Gasteiger charge is 2.40. The van der Waals surface area contributed by atoms with Crippen LogP contribution in [-0.4, -0.2) is 99.0 Å². The van der Waals surface area contributed by atoms with Gasteiger partial charge in [0.1, 0.15) is 36.5 Å². The molecule has 0 unspecified atom stereocenters. The van der Waals surface area contributed by atoms with Gasteiger partial charge in [-0.05, 0) is 24.6 Å². The second kappa shape index (κ2) is 13.1. The van der Waals surface area contributed by atoms with Crippen molar-refractivity contribution in [2.75, 3.05) is 13.2 Å². The Hall–Kier alpha value is -4.53. The summed E-state index contributed by atoms with van der Waals surface area (Å²) in [5.74, 6) is -6.13. The molecule has 0 aromatic heterocycles. The van der Waals surface area contributed by atoms with Crippen molar-refractivity contribution in [2.45, 2.75) is 50.9 Å². The van der Waals surface area contributed by atoms with Crippen LogP contribution in [0, 0.1) is 0 Å². The van der Waals surface area contributed by atoms with Gasteiger partial charge in [-0.3, -0.25) is 33.7 Å². The number of carboxylic acids is 1. The number of carbonyl (C=O) groups is 7. The van der Waals surface area contributed by atoms with Crippen molar-refractivity contribution in [3.8, 4) is 5.75 Å². The fraction of sp³-hybridized carbons (Fsp3) is 0.435. The number of carbonyl (C=O) groups excluding carboxylic acids is 6. The van der Waals surface area contributed by atoms with Gasteiger partial charge in [0.15, 0.2) is 0 Å². The van der Waals surface area contributed by atoms with Gasteiger partial charge < -0.3 is 36.6 Å². The van der Waals surface area contributed by atoms with E-state index in [1.54, 1.807) is 0 Å². The number of aliphatic carboxylic acids is 1. The van der Waals surface area contributed by atoms with Gasteiger partial charge in [0.2, 0.25) is 29.5 Å². The van der Waals surface area contributed by atoms with Crippen molar-refractivity contribution in [1.82, 2.24) is 26.2 Å². The van der Waals surface area contributed by atoms with Crippen molar-refractivity contribution >= 4 is 41.4 Å². The highest BCUT2D eigenvalue weighted by atomic mass is 16.4. The average molecular weight is 536 g/mol. The van der Waals surface area contributed by atoms with E-state index in [9.17, 15) is 43.8 Å². The molecule has 1 aliphatic heterocycles. The molecule has 0 radical (unpaired) electrons. The summed E-state index contributed by atoms with van der Waals surface area (Å²) < 4.78 is 0. The topological polar surface area (TPSA) is 232 Å². The first-order valence-corrected chi connectivity index (χ1v) is 11.4. The van der Waals surface area contributed by atoms with E-state index in [0.717, 1.165) is 0 Å². The van der Waals surface area contributed by atoms with Gasteiger partial charge in [-0.1, -0.05) is 12.1 Å². The fourth-order valence-electron chi connectivity index (χ4n) is 3.54. The highest BCUT2D eigenvalue weighted by Crippen LogP contribution is 2.13. The summed E-state index contributed by atoms with van der Waals surface area (Å²) in [5, 5.41) is 36.9. The number of phenols is 1. The second-order valence-electron chi connectivity index (χ2n) is 8.58. The van der Waals surface area contributed by atoms with E-state index in [1.807, 2.05) is 0 Å². The lowest BCUT2D eigenvalue weighted by molar-refractivity contribution is -0.143. The number of carboxylic acid groups (broad SMARTS) is 1. The zero-order chi connectivity index (χ0) is 28.6. The van der Waals surface area contributed by atoms with E-state index in [4.69, 9.17) is 5.11 Å². The summed E-state index contributed by atoms with van der Waals surface area (Å²) in [6.07, 6.45) is -0.432. The number of aliphatic hydroxyl groups is 1. The number of aromatic hydroxyl groups is 1. The van der Waals surface area contributed by atoms with Crippen LogP contribution in [0.1, 0.15) is 25.8 Å². The zero-order valence-electron chi connectivity index (χ0n) is 20.6. The Labute approximate surface area is 216 Å². The van der Waals surface area contributed by atoms with Crippen molar-refractivity contribution in [1.29, 1.82) is 0 Å². The number of benzene rings is 1. The average Bonchev–Trinajstić information content (AvgIpc) is 3.09. The van der Waals surface area contributed by atoms with E-state index in [0.29, 0.717) is 10.5 Å². The molecular formula is C23H29N5O10. The molecular weight excluding hydrogens is 506 g/mol. The molecule has 1 heterocycles. The quantitative estimate of drug-likeness (QED) is 0.132. The Bertz CT molecular complexity index is 1110. The molecule has 1 saturated heterocycles. The van der Waals surface area contributed by atoms with Gasteiger partial charge in [-0.2, -0.15) is 0 Å². The minimum absolute atomic E-state index is 0.0419. The lowest BCUT2D eigenvalue weighted by Crippen LogP contribution is -2.57. The van der Waals surface area contributed by atoms with Gasteiger partial charge >= 0.3 is 5.97 Å². The van der Waals surface area contributed by atoms with Crippen molar-refractivity contribution in [2.24, 2.45) is 0 Å². The smallest absolute Gasteiger partial charge is 0.328 e. The predicted octanol–water partition coefficient (Wildman–Crippen LogP) is -3.25. The number of imide groups is 1. The maximum atomic E-state index is 12.8. The molecule has 38 heavy (non-hydrogen) atoms. The SMILES string of the molecule is CC(=O)N[C@H]1CC(=O)N(CC(=O)N[C@@H](C)C(=O)N[C@@H](Cc2ccc(O)cc2)C(=O)N[C@@H](CO)C(=O)O)C1=O. The molecule has 0 aliphatic carbocycles. The number of amides is 6. The van der Waals surface area contributed by atoms with Crippen LogP contribution in [0.5, 0.6) is 5.75 Å². The van der Waals surface area contributed by atoms with Crippen molar-refractivity contribution < 1.29 is 48.9 Å². The van der Waals surface area contributed by atoms with Crippen LogP contribution in [0.2, 0.25) is 0 Å². The third-order valence-electron chi connectivity index (χ3n) is 5.50. The van der Waals surface area contributed by atoms with Crippen LogP contribution >= 0.6 is 0 Å². The zero-order valence-corrected chi connectivity index (χ0v) is 20.6. The first kappa shape index (κ1) is 29.7. The van der Waals surface area contributed by atoms with Crippen molar-refractivity contribution in [3.63, 3.8) is 0 Å². The molecule has 1 aliphatic rings. The van der Waals surface area contributed by atoms with Gasteiger partial charge in [0.25, 0.3) is 5.91 Å². The Balaban J connectivity index is 2.05. The Morgan fingerprint density at radius 1 is 1.00 bits per heavy atom. The van der Waals surface area contributed by atoms with Crippen molar-refractivity contribution in [3.05, 3.63) is 29.8 Å². The van der Waals surface area contributed by atoms with Gasteiger partial charge in [-0.25, -0.2) is 4.79 Å². The number of likely N-dealkylation sites (tertiary alicyclic amines) is 1. The third-order valence-corrected chi connectivity index (χ3v) is 5.50. The molecule has 206 valence electrons. The Morgan fingerprint density at radius 3 is 2.16 bits per heavy atom. The molecule has 1 aromatic rings. The molecule has 4 atom stereocenters. The largest absolute Gasteiger partial charge is 0.508 e. The van der Waals surface area contributed by atoms with Crippen LogP contribution in [0.4, 0.5) is 0 Å². The number of rotatable bonds is 12.